The molecule has 0 saturated carbocycles. The number of nitrogens with zero attached hydrogens (tertiary/aromatic N) is 2. The van der Waals surface area contributed by atoms with Gasteiger partial charge in [0.1, 0.15) is 0 Å². The van der Waals surface area contributed by atoms with E-state index in [-0.39, 0.29) is 6.61 Å². The number of ether oxygens (including phenoxy) is 1. The molecule has 1 unspecified atom stereocenters. The average Bonchev–Trinajstić information content (AvgIpc) is 2.06. The first-order valence-electron chi connectivity index (χ1n) is 3.66. The van der Waals surface area contributed by atoms with Crippen LogP contribution < -0.4 is 0 Å². The maximum absolute atomic E-state index is 10.9. The maximum Gasteiger partial charge on any atom is 0.421 e. The summed E-state index contributed by atoms with van der Waals surface area (Å²) in [5, 5.41) is 9.14. The molecule has 0 aromatic heterocycles. The molecule has 0 radical (unpaired) electrons. The Balaban J connectivity index is 4.60. The van der Waals surface area contributed by atoms with Crippen molar-refractivity contribution in [3.05, 3.63) is 5.53 Å². The van der Waals surface area contributed by atoms with Gasteiger partial charge in [-0.15, -0.1) is 5.92 Å². The molecule has 70 valence electrons. The van der Waals surface area contributed by atoms with Crippen molar-refractivity contribution in [1.29, 1.82) is 0 Å². The van der Waals surface area contributed by atoms with Gasteiger partial charge in [0.05, 0.1) is 6.61 Å². The fourth-order valence-electron chi connectivity index (χ4n) is 0.617. The molecule has 0 fully saturated rings. The number of hydrogen-bond donors (Lipinski definition) is 1. The fourth-order valence-corrected chi connectivity index (χ4v) is 0.617. The van der Waals surface area contributed by atoms with Gasteiger partial charge in [-0.05, 0) is 13.8 Å². The lowest BCUT2D eigenvalue weighted by molar-refractivity contribution is -0.140. The summed E-state index contributed by atoms with van der Waals surface area (Å²) in [6.07, 6.45) is -1.41. The highest BCUT2D eigenvalue weighted by atomic mass is 16.5. The van der Waals surface area contributed by atoms with Crippen LogP contribution in [0.1, 0.15) is 13.8 Å². The quantitative estimate of drug-likeness (QED) is 0.212. The van der Waals surface area contributed by atoms with Crippen LogP contribution in [0.4, 0.5) is 0 Å². The van der Waals surface area contributed by atoms with Crippen LogP contribution in [0.25, 0.3) is 5.53 Å². The highest BCUT2D eigenvalue weighted by Gasteiger charge is 2.29. The molecule has 0 aliphatic carbocycles. The van der Waals surface area contributed by atoms with Crippen molar-refractivity contribution in [2.75, 3.05) is 6.61 Å². The van der Waals surface area contributed by atoms with Crippen molar-refractivity contribution in [1.82, 2.24) is 0 Å². The fraction of sp³-hybridized carbons (Fsp3) is 0.500. The number of carbonyl (C=O) groups is 1. The highest BCUT2D eigenvalue weighted by Crippen LogP contribution is 1.88. The van der Waals surface area contributed by atoms with Gasteiger partial charge >= 0.3 is 11.7 Å². The topological polar surface area (TPSA) is 82.9 Å². The number of aliphatic hydroxyl groups excluding tert-OH is 1. The lowest BCUT2D eigenvalue weighted by Crippen LogP contribution is -2.30. The largest absolute Gasteiger partial charge is 0.457 e. The molecular formula is C8H10N2O3. The Morgan fingerprint density at radius 1 is 1.77 bits per heavy atom. The van der Waals surface area contributed by atoms with E-state index in [1.165, 1.54) is 6.92 Å². The predicted octanol–water partition coefficient (Wildman–Crippen LogP) is -0.395. The number of rotatable bonds is 3. The predicted molar refractivity (Wildman–Crippen MR) is 44.7 cm³/mol. The van der Waals surface area contributed by atoms with Crippen molar-refractivity contribution in [2.45, 2.75) is 20.0 Å². The molecule has 0 bridgehead atoms. The third-order valence-corrected chi connectivity index (χ3v) is 1.13. The van der Waals surface area contributed by atoms with Crippen molar-refractivity contribution in [2.24, 2.45) is 0 Å². The van der Waals surface area contributed by atoms with Crippen molar-refractivity contribution < 1.29 is 19.4 Å². The third kappa shape index (κ3) is 3.52. The molecule has 0 rings (SSSR count). The highest BCUT2D eigenvalue weighted by molar-refractivity contribution is 6.36. The van der Waals surface area contributed by atoms with E-state index in [0.29, 0.717) is 0 Å². The van der Waals surface area contributed by atoms with Gasteiger partial charge in [0, 0.05) is 0 Å². The first kappa shape index (κ1) is 11.4. The summed E-state index contributed by atoms with van der Waals surface area (Å²) in [4.78, 5) is 13.6. The molecular weight excluding hydrogens is 172 g/mol. The SMILES string of the molecule is CC#CC(O)C(=[N+]=[N-])C(=O)OCC. The summed E-state index contributed by atoms with van der Waals surface area (Å²) < 4.78 is 4.50. The van der Waals surface area contributed by atoms with Gasteiger partial charge in [-0.3, -0.25) is 0 Å². The van der Waals surface area contributed by atoms with Crippen LogP contribution >= 0.6 is 0 Å². The van der Waals surface area contributed by atoms with E-state index in [9.17, 15) is 4.79 Å². The van der Waals surface area contributed by atoms with E-state index in [2.05, 4.69) is 21.4 Å². The van der Waals surface area contributed by atoms with E-state index in [1.807, 2.05) is 0 Å². The van der Waals surface area contributed by atoms with Gasteiger partial charge in [0.25, 0.3) is 0 Å². The normalized spacial score (nSPS) is 10.4. The minimum Gasteiger partial charge on any atom is -0.457 e. The van der Waals surface area contributed by atoms with Crippen LogP contribution in [-0.4, -0.2) is 34.3 Å². The summed E-state index contributed by atoms with van der Waals surface area (Å²) in [6.45, 7) is 3.23. The van der Waals surface area contributed by atoms with Crippen LogP contribution in [-0.2, 0) is 9.53 Å². The van der Waals surface area contributed by atoms with Gasteiger partial charge in [-0.25, -0.2) is 4.79 Å². The second-order valence-corrected chi connectivity index (χ2v) is 2.00. The Kier molecular flexibility index (Phi) is 5.20. The van der Waals surface area contributed by atoms with Crippen LogP contribution in [0.15, 0.2) is 0 Å². The first-order valence-corrected chi connectivity index (χ1v) is 3.66. The number of hydrogen-bond acceptors (Lipinski definition) is 3. The zero-order valence-electron chi connectivity index (χ0n) is 7.44. The second-order valence-electron chi connectivity index (χ2n) is 2.00. The Bertz CT molecular complexity index is 294. The summed E-state index contributed by atoms with van der Waals surface area (Å²) in [5.41, 5.74) is 7.88. The Hall–Kier alpha value is -1.63. The first-order chi connectivity index (χ1) is 6.17. The molecule has 0 saturated heterocycles. The maximum atomic E-state index is 10.9. The Morgan fingerprint density at radius 2 is 2.38 bits per heavy atom. The molecule has 0 amide bonds. The molecule has 1 N–H and O–H groups in total. The van der Waals surface area contributed by atoms with Crippen molar-refractivity contribution in [3.8, 4) is 11.8 Å². The van der Waals surface area contributed by atoms with E-state index in [0.717, 1.165) is 0 Å². The monoisotopic (exact) mass is 182 g/mol. The van der Waals surface area contributed by atoms with Crippen LogP contribution in [0.3, 0.4) is 0 Å². The lowest BCUT2D eigenvalue weighted by atomic mass is 10.2. The van der Waals surface area contributed by atoms with Gasteiger partial charge < -0.3 is 15.4 Å². The molecule has 1 atom stereocenters. The molecule has 0 aromatic carbocycles. The van der Waals surface area contributed by atoms with Gasteiger partial charge in [-0.2, -0.15) is 4.79 Å². The average molecular weight is 182 g/mol. The summed E-state index contributed by atoms with van der Waals surface area (Å²) in [7, 11) is 0. The van der Waals surface area contributed by atoms with Gasteiger partial charge in [-0.1, -0.05) is 5.92 Å². The van der Waals surface area contributed by atoms with Gasteiger partial charge in [0.2, 0.25) is 6.10 Å². The lowest BCUT2D eigenvalue weighted by Gasteiger charge is -1.97. The smallest absolute Gasteiger partial charge is 0.421 e. The molecule has 0 aliphatic heterocycles. The van der Waals surface area contributed by atoms with E-state index >= 15 is 0 Å². The summed E-state index contributed by atoms with van der Waals surface area (Å²) in [5.74, 6) is 3.75. The number of carbonyl (C=O) groups excluding carboxylic acids is 1. The molecule has 0 aliphatic rings. The molecule has 0 heterocycles. The third-order valence-electron chi connectivity index (χ3n) is 1.13. The van der Waals surface area contributed by atoms with E-state index in [4.69, 9.17) is 10.6 Å². The van der Waals surface area contributed by atoms with E-state index in [1.54, 1.807) is 6.92 Å². The number of esters is 1. The van der Waals surface area contributed by atoms with Crippen molar-refractivity contribution >= 4 is 11.7 Å². The Morgan fingerprint density at radius 3 is 2.77 bits per heavy atom. The molecule has 0 aromatic rings. The zero-order chi connectivity index (χ0) is 10.3. The standard InChI is InChI=1S/C8H10N2O3/c1-3-5-6(11)7(10-9)8(12)13-4-2/h6,11H,4H2,1-2H3. The molecule has 0 spiro atoms. The summed E-state index contributed by atoms with van der Waals surface area (Å²) >= 11 is 0. The molecule has 5 nitrogen and oxygen atoms in total. The zero-order valence-corrected chi connectivity index (χ0v) is 7.44. The van der Waals surface area contributed by atoms with E-state index < -0.39 is 17.8 Å². The second kappa shape index (κ2) is 5.95. The van der Waals surface area contributed by atoms with Crippen LogP contribution in [0.5, 0.6) is 0 Å². The van der Waals surface area contributed by atoms with Crippen molar-refractivity contribution in [3.63, 3.8) is 0 Å². The summed E-state index contributed by atoms with van der Waals surface area (Å²) in [6, 6.07) is 0. The van der Waals surface area contributed by atoms with Crippen LogP contribution in [0.2, 0.25) is 0 Å². The minimum atomic E-state index is -1.41. The minimum absolute atomic E-state index is 0.143. The van der Waals surface area contributed by atoms with Gasteiger partial charge in [0.15, 0.2) is 0 Å². The number of aliphatic hydroxyl groups is 1. The molecule has 13 heavy (non-hydrogen) atoms. The molecule has 5 heteroatoms. The Labute approximate surface area is 75.9 Å². The van der Waals surface area contributed by atoms with Crippen LogP contribution in [0, 0.1) is 11.8 Å².